The molecule has 200 valence electrons. The first kappa shape index (κ1) is 27.1. The van der Waals surface area contributed by atoms with Gasteiger partial charge in [0, 0.05) is 23.3 Å². The van der Waals surface area contributed by atoms with Gasteiger partial charge in [-0.05, 0) is 79.7 Å². The molecule has 0 aliphatic carbocycles. The van der Waals surface area contributed by atoms with E-state index in [4.69, 9.17) is 4.74 Å². The number of aromatic nitrogens is 1. The van der Waals surface area contributed by atoms with Crippen LogP contribution in [0.5, 0.6) is 5.75 Å². The molecule has 4 amide bonds. The van der Waals surface area contributed by atoms with Crippen molar-refractivity contribution in [2.45, 2.75) is 36.3 Å². The van der Waals surface area contributed by atoms with Gasteiger partial charge in [0.2, 0.25) is 0 Å². The Labute approximate surface area is 222 Å². The quantitative estimate of drug-likeness (QED) is 0.328. The maximum atomic E-state index is 13.3. The molecule has 2 N–H and O–H groups in total. The van der Waals surface area contributed by atoms with E-state index in [1.54, 1.807) is 46.2 Å². The highest BCUT2D eigenvalue weighted by molar-refractivity contribution is 8.00. The maximum absolute atomic E-state index is 13.3. The number of thioether (sulfide) groups is 1. The number of nitrogens with one attached hydrogen (secondary N) is 2. The van der Waals surface area contributed by atoms with Gasteiger partial charge < -0.3 is 15.0 Å². The second-order valence-corrected chi connectivity index (χ2v) is 10.3. The summed E-state index contributed by atoms with van der Waals surface area (Å²) in [5, 5.41) is 5.40. The predicted molar refractivity (Wildman–Crippen MR) is 141 cm³/mol. The number of rotatable bonds is 7. The van der Waals surface area contributed by atoms with E-state index in [2.05, 4.69) is 15.6 Å². The van der Waals surface area contributed by atoms with Gasteiger partial charge in [0.25, 0.3) is 0 Å². The summed E-state index contributed by atoms with van der Waals surface area (Å²) in [5.41, 5.74) is -3.18. The van der Waals surface area contributed by atoms with Crippen LogP contribution in [0.25, 0.3) is 0 Å². The number of carbonyl (C=O) groups is 2. The number of ether oxygens (including phenoxy) is 1. The second kappa shape index (κ2) is 10.8. The zero-order valence-corrected chi connectivity index (χ0v) is 21.7. The molecule has 3 aromatic rings. The topological polar surface area (TPSA) is 86.8 Å². The number of hydrogen-bond acceptors (Lipinski definition) is 5. The lowest BCUT2D eigenvalue weighted by molar-refractivity contribution is -0.0328. The Morgan fingerprint density at radius 1 is 1.11 bits per heavy atom. The molecule has 2 aromatic carbocycles. The Hall–Kier alpha value is -3.93. The van der Waals surface area contributed by atoms with Crippen LogP contribution >= 0.6 is 11.8 Å². The number of amides is 4. The highest BCUT2D eigenvalue weighted by Crippen LogP contribution is 2.38. The SMILES string of the molecule is COc1ccccc1NC(=O)Nc1cc(CN2C(=O)N(c3ccc(SC(F)(F)F)cc3)CC2(C)C)ccn1. The van der Waals surface area contributed by atoms with Crippen molar-refractivity contribution in [3.63, 3.8) is 0 Å². The van der Waals surface area contributed by atoms with E-state index in [-0.39, 0.29) is 29.2 Å². The number of urea groups is 2. The molecule has 1 saturated heterocycles. The molecule has 0 radical (unpaired) electrons. The number of methoxy groups -OCH3 is 1. The number of benzene rings is 2. The first-order valence-corrected chi connectivity index (χ1v) is 12.4. The second-order valence-electron chi connectivity index (χ2n) is 9.14. The number of pyridine rings is 1. The Morgan fingerprint density at radius 3 is 2.50 bits per heavy atom. The van der Waals surface area contributed by atoms with Gasteiger partial charge >= 0.3 is 17.6 Å². The average molecular weight is 546 g/mol. The van der Waals surface area contributed by atoms with Crippen molar-refractivity contribution in [3.8, 4) is 5.75 Å². The first-order chi connectivity index (χ1) is 17.9. The molecule has 0 spiro atoms. The Morgan fingerprint density at radius 2 is 1.82 bits per heavy atom. The van der Waals surface area contributed by atoms with E-state index in [0.717, 1.165) is 5.56 Å². The number of para-hydroxylation sites is 2. The van der Waals surface area contributed by atoms with E-state index in [9.17, 15) is 22.8 Å². The number of nitrogens with zero attached hydrogens (tertiary/aromatic N) is 3. The normalized spacial score (nSPS) is 14.9. The third kappa shape index (κ3) is 6.49. The van der Waals surface area contributed by atoms with Crippen LogP contribution in [0.2, 0.25) is 0 Å². The van der Waals surface area contributed by atoms with E-state index >= 15 is 0 Å². The maximum Gasteiger partial charge on any atom is 0.446 e. The number of hydrogen-bond donors (Lipinski definition) is 2. The van der Waals surface area contributed by atoms with E-state index in [1.165, 1.54) is 37.6 Å². The van der Waals surface area contributed by atoms with Crippen LogP contribution < -0.4 is 20.3 Å². The summed E-state index contributed by atoms with van der Waals surface area (Å²) in [5.74, 6) is 0.811. The van der Waals surface area contributed by atoms with Crippen LogP contribution in [0.15, 0.2) is 71.8 Å². The Bertz CT molecular complexity index is 1320. The largest absolute Gasteiger partial charge is 0.495 e. The zero-order chi connectivity index (χ0) is 27.5. The lowest BCUT2D eigenvalue weighted by atomic mass is 10.0. The van der Waals surface area contributed by atoms with Crippen molar-refractivity contribution in [1.82, 2.24) is 9.88 Å². The van der Waals surface area contributed by atoms with Gasteiger partial charge in [-0.1, -0.05) is 12.1 Å². The summed E-state index contributed by atoms with van der Waals surface area (Å²) in [6, 6.07) is 15.4. The van der Waals surface area contributed by atoms with Crippen LogP contribution in [0, 0.1) is 0 Å². The highest BCUT2D eigenvalue weighted by Gasteiger charge is 2.43. The lowest BCUT2D eigenvalue weighted by Crippen LogP contribution is -2.41. The predicted octanol–water partition coefficient (Wildman–Crippen LogP) is 6.57. The molecule has 0 unspecified atom stereocenters. The fourth-order valence-corrected chi connectivity index (χ4v) is 4.64. The van der Waals surface area contributed by atoms with Crippen molar-refractivity contribution < 1.29 is 27.5 Å². The summed E-state index contributed by atoms with van der Waals surface area (Å²) in [7, 11) is 1.51. The van der Waals surface area contributed by atoms with E-state index < -0.39 is 17.1 Å². The van der Waals surface area contributed by atoms with Gasteiger partial charge in [-0.15, -0.1) is 0 Å². The zero-order valence-electron chi connectivity index (χ0n) is 20.9. The van der Waals surface area contributed by atoms with Crippen molar-refractivity contribution in [2.75, 3.05) is 29.2 Å². The smallest absolute Gasteiger partial charge is 0.446 e. The molecular formula is C26H26F3N5O3S. The first-order valence-electron chi connectivity index (χ1n) is 11.6. The van der Waals surface area contributed by atoms with E-state index in [0.29, 0.717) is 29.5 Å². The van der Waals surface area contributed by atoms with Gasteiger partial charge in [0.05, 0.1) is 24.9 Å². The Kier molecular flexibility index (Phi) is 7.72. The number of carbonyl (C=O) groups excluding carboxylic acids is 2. The van der Waals surface area contributed by atoms with Gasteiger partial charge in [0.15, 0.2) is 0 Å². The molecule has 1 fully saturated rings. The highest BCUT2D eigenvalue weighted by atomic mass is 32.2. The van der Waals surface area contributed by atoms with Gasteiger partial charge in [-0.2, -0.15) is 13.2 Å². The number of anilines is 3. The number of halogens is 3. The van der Waals surface area contributed by atoms with Crippen LogP contribution in [-0.2, 0) is 6.54 Å². The van der Waals surface area contributed by atoms with Crippen LogP contribution in [0.1, 0.15) is 19.4 Å². The lowest BCUT2D eigenvalue weighted by Gasteiger charge is -2.29. The van der Waals surface area contributed by atoms with Crippen LogP contribution in [-0.4, -0.2) is 46.6 Å². The fraction of sp³-hybridized carbons (Fsp3) is 0.269. The minimum absolute atomic E-state index is 0.0515. The van der Waals surface area contributed by atoms with Crippen LogP contribution in [0.3, 0.4) is 0 Å². The summed E-state index contributed by atoms with van der Waals surface area (Å²) in [6.07, 6.45) is 1.54. The molecule has 0 bridgehead atoms. The molecule has 38 heavy (non-hydrogen) atoms. The van der Waals surface area contributed by atoms with E-state index in [1.807, 2.05) is 13.8 Å². The third-order valence-electron chi connectivity index (χ3n) is 5.88. The third-order valence-corrected chi connectivity index (χ3v) is 6.62. The van der Waals surface area contributed by atoms with Crippen molar-refractivity contribution in [2.24, 2.45) is 0 Å². The summed E-state index contributed by atoms with van der Waals surface area (Å²) < 4.78 is 43.2. The molecule has 1 aromatic heterocycles. The van der Waals surface area contributed by atoms with Crippen molar-refractivity contribution >= 4 is 41.0 Å². The summed E-state index contributed by atoms with van der Waals surface area (Å²) in [6.45, 7) is 4.43. The molecule has 2 heterocycles. The monoisotopic (exact) mass is 545 g/mol. The minimum atomic E-state index is -4.38. The average Bonchev–Trinajstić information content (AvgIpc) is 3.07. The summed E-state index contributed by atoms with van der Waals surface area (Å²) >= 11 is -0.198. The van der Waals surface area contributed by atoms with Crippen molar-refractivity contribution in [3.05, 3.63) is 72.4 Å². The van der Waals surface area contributed by atoms with Gasteiger partial charge in [-0.25, -0.2) is 14.6 Å². The molecule has 0 atom stereocenters. The minimum Gasteiger partial charge on any atom is -0.495 e. The Balaban J connectivity index is 1.44. The molecule has 1 aliphatic rings. The van der Waals surface area contributed by atoms with Crippen molar-refractivity contribution in [1.29, 1.82) is 0 Å². The molecular weight excluding hydrogens is 519 g/mol. The molecule has 12 heteroatoms. The number of alkyl halides is 3. The summed E-state index contributed by atoms with van der Waals surface area (Å²) in [4.78, 5) is 33.3. The van der Waals surface area contributed by atoms with Gasteiger partial charge in [-0.3, -0.25) is 10.2 Å². The fourth-order valence-electron chi connectivity index (χ4n) is 4.10. The molecule has 4 rings (SSSR count). The molecule has 1 aliphatic heterocycles. The van der Waals surface area contributed by atoms with Crippen LogP contribution in [0.4, 0.5) is 40.0 Å². The standard InChI is InChI=1S/C26H26F3N5O3S/c1-25(2)16-33(18-8-10-19(11-9-18)38-26(27,28)29)24(36)34(25)15-17-12-13-30-22(14-17)32-23(35)31-20-6-4-5-7-21(20)37-3/h4-14H,15-16H2,1-3H3,(H2,30,31,32,35). The van der Waals surface area contributed by atoms with Gasteiger partial charge in [0.1, 0.15) is 11.6 Å². The molecule has 8 nitrogen and oxygen atoms in total. The molecule has 0 saturated carbocycles.